The van der Waals surface area contributed by atoms with Crippen LogP contribution in [0.5, 0.6) is 0 Å². The first kappa shape index (κ1) is 18.4. The van der Waals surface area contributed by atoms with E-state index < -0.39 is 23.5 Å². The van der Waals surface area contributed by atoms with Gasteiger partial charge in [-0.15, -0.1) is 0 Å². The third-order valence-corrected chi connectivity index (χ3v) is 4.61. The van der Waals surface area contributed by atoms with Crippen LogP contribution in [0.1, 0.15) is 46.0 Å². The highest BCUT2D eigenvalue weighted by Crippen LogP contribution is 2.31. The van der Waals surface area contributed by atoms with Crippen LogP contribution in [-0.2, 0) is 14.3 Å². The molecular weight excluding hydrogens is 316 g/mol. The number of esters is 1. The Morgan fingerprint density at radius 2 is 1.92 bits per heavy atom. The van der Waals surface area contributed by atoms with Crippen molar-refractivity contribution in [1.29, 1.82) is 0 Å². The molecule has 1 aromatic carbocycles. The number of carbonyl (C=O) groups is 2. The number of benzene rings is 1. The molecule has 2 rings (SSSR count). The van der Waals surface area contributed by atoms with Gasteiger partial charge in [-0.2, -0.15) is 0 Å². The summed E-state index contributed by atoms with van der Waals surface area (Å²) < 4.78 is 31.6. The smallest absolute Gasteiger partial charge is 0.306 e. The Kier molecular flexibility index (Phi) is 6.29. The highest BCUT2D eigenvalue weighted by atomic mass is 19.1. The lowest BCUT2D eigenvalue weighted by Gasteiger charge is -2.31. The van der Waals surface area contributed by atoms with E-state index in [2.05, 4.69) is 19.2 Å². The second kappa shape index (κ2) is 8.22. The molecule has 0 spiro atoms. The summed E-state index contributed by atoms with van der Waals surface area (Å²) in [6, 6.07) is 2.89. The highest BCUT2D eigenvalue weighted by Gasteiger charge is 2.27. The molecule has 1 fully saturated rings. The largest absolute Gasteiger partial charge is 0.462 e. The van der Waals surface area contributed by atoms with Crippen molar-refractivity contribution in [3.8, 4) is 0 Å². The molecule has 132 valence electrons. The Bertz CT molecular complexity index is 606. The standard InChI is InChI=1S/C18H23F2NO3/c1-11-3-5-14(9-12(11)2)24-18(23)8-7-17(22)21-16-6-4-13(19)10-15(16)20/h4,6,10-12,14H,3,5,7-9H2,1-2H3,(H,21,22)/t11-,12-,14+/m0/s1. The molecule has 0 aromatic heterocycles. The van der Waals surface area contributed by atoms with Crippen LogP contribution in [0.25, 0.3) is 0 Å². The Labute approximate surface area is 140 Å². The Balaban J connectivity index is 1.74. The molecule has 24 heavy (non-hydrogen) atoms. The molecule has 0 bridgehead atoms. The van der Waals surface area contributed by atoms with Gasteiger partial charge in [0.15, 0.2) is 0 Å². The molecule has 1 N–H and O–H groups in total. The molecule has 1 aromatic rings. The average molecular weight is 339 g/mol. The SMILES string of the molecule is C[C@H]1CC[C@@H](OC(=O)CCC(=O)Nc2ccc(F)cc2F)C[C@@H]1C. The van der Waals surface area contributed by atoms with E-state index >= 15 is 0 Å². The second-order valence-electron chi connectivity index (χ2n) is 6.55. The van der Waals surface area contributed by atoms with E-state index in [1.54, 1.807) is 0 Å². The van der Waals surface area contributed by atoms with E-state index in [4.69, 9.17) is 4.74 Å². The molecule has 1 aliphatic rings. The fourth-order valence-electron chi connectivity index (χ4n) is 2.87. The van der Waals surface area contributed by atoms with Crippen molar-refractivity contribution in [2.75, 3.05) is 5.32 Å². The minimum absolute atomic E-state index is 0.0604. The number of nitrogens with one attached hydrogen (secondary N) is 1. The predicted molar refractivity (Wildman–Crippen MR) is 86.3 cm³/mol. The zero-order valence-corrected chi connectivity index (χ0v) is 14.0. The lowest BCUT2D eigenvalue weighted by Crippen LogP contribution is -2.29. The summed E-state index contributed by atoms with van der Waals surface area (Å²) >= 11 is 0. The first-order valence-corrected chi connectivity index (χ1v) is 8.29. The molecule has 0 aliphatic heterocycles. The Hall–Kier alpha value is -1.98. The molecule has 0 saturated heterocycles. The van der Waals surface area contributed by atoms with Crippen molar-refractivity contribution in [1.82, 2.24) is 0 Å². The lowest BCUT2D eigenvalue weighted by atomic mass is 9.80. The van der Waals surface area contributed by atoms with Crippen molar-refractivity contribution in [2.24, 2.45) is 11.8 Å². The van der Waals surface area contributed by atoms with Crippen LogP contribution in [-0.4, -0.2) is 18.0 Å². The molecule has 1 saturated carbocycles. The van der Waals surface area contributed by atoms with Crippen LogP contribution in [0.3, 0.4) is 0 Å². The molecule has 1 amide bonds. The normalized spacial score (nSPS) is 23.6. The third-order valence-electron chi connectivity index (χ3n) is 4.61. The summed E-state index contributed by atoms with van der Waals surface area (Å²) in [6.45, 7) is 4.34. The highest BCUT2D eigenvalue weighted by molar-refractivity contribution is 5.92. The quantitative estimate of drug-likeness (QED) is 0.823. The summed E-state index contributed by atoms with van der Waals surface area (Å²) in [5, 5.41) is 2.32. The first-order chi connectivity index (χ1) is 11.3. The number of ether oxygens (including phenoxy) is 1. The second-order valence-corrected chi connectivity index (χ2v) is 6.55. The number of amides is 1. The van der Waals surface area contributed by atoms with Crippen molar-refractivity contribution in [3.63, 3.8) is 0 Å². The van der Waals surface area contributed by atoms with Crippen LogP contribution in [0.2, 0.25) is 0 Å². The summed E-state index contributed by atoms with van der Waals surface area (Å²) in [4.78, 5) is 23.6. The minimum Gasteiger partial charge on any atom is -0.462 e. The number of hydrogen-bond acceptors (Lipinski definition) is 3. The first-order valence-electron chi connectivity index (χ1n) is 8.29. The molecule has 0 radical (unpaired) electrons. The summed E-state index contributed by atoms with van der Waals surface area (Å²) in [7, 11) is 0. The number of hydrogen-bond donors (Lipinski definition) is 1. The van der Waals surface area contributed by atoms with Gasteiger partial charge >= 0.3 is 5.97 Å². The van der Waals surface area contributed by atoms with Crippen molar-refractivity contribution < 1.29 is 23.1 Å². The monoisotopic (exact) mass is 339 g/mol. The van der Waals surface area contributed by atoms with Crippen molar-refractivity contribution in [2.45, 2.75) is 52.1 Å². The molecular formula is C18H23F2NO3. The van der Waals surface area contributed by atoms with Crippen molar-refractivity contribution >= 4 is 17.6 Å². The summed E-state index contributed by atoms with van der Waals surface area (Å²) in [5.74, 6) is -1.35. The molecule has 4 nitrogen and oxygen atoms in total. The average Bonchev–Trinajstić information content (AvgIpc) is 2.52. The zero-order chi connectivity index (χ0) is 17.7. The van der Waals surface area contributed by atoms with E-state index in [9.17, 15) is 18.4 Å². The Morgan fingerprint density at radius 1 is 1.17 bits per heavy atom. The number of halogens is 2. The molecule has 0 heterocycles. The van der Waals surface area contributed by atoms with Gasteiger partial charge in [0.1, 0.15) is 17.7 Å². The maximum atomic E-state index is 13.4. The maximum absolute atomic E-state index is 13.4. The van der Waals surface area contributed by atoms with Crippen LogP contribution < -0.4 is 5.32 Å². The van der Waals surface area contributed by atoms with Crippen LogP contribution in [0.4, 0.5) is 14.5 Å². The van der Waals surface area contributed by atoms with Gasteiger partial charge in [0.05, 0.1) is 12.1 Å². The van der Waals surface area contributed by atoms with E-state index in [0.717, 1.165) is 31.4 Å². The minimum atomic E-state index is -0.851. The van der Waals surface area contributed by atoms with Gasteiger partial charge in [-0.1, -0.05) is 13.8 Å². The summed E-state index contributed by atoms with van der Waals surface area (Å²) in [5.41, 5.74) is -0.107. The van der Waals surface area contributed by atoms with Crippen molar-refractivity contribution in [3.05, 3.63) is 29.8 Å². The predicted octanol–water partition coefficient (Wildman–Crippen LogP) is 4.05. The van der Waals surface area contributed by atoms with Gasteiger partial charge < -0.3 is 10.1 Å². The maximum Gasteiger partial charge on any atom is 0.306 e. The lowest BCUT2D eigenvalue weighted by molar-refractivity contribution is -0.152. The molecule has 6 heteroatoms. The van der Waals surface area contributed by atoms with Gasteiger partial charge in [0.2, 0.25) is 5.91 Å². The fraction of sp³-hybridized carbons (Fsp3) is 0.556. The van der Waals surface area contributed by atoms with Gasteiger partial charge in [0.25, 0.3) is 0 Å². The van der Waals surface area contributed by atoms with Crippen LogP contribution in [0.15, 0.2) is 18.2 Å². The van der Waals surface area contributed by atoms with Gasteiger partial charge in [-0.05, 0) is 43.2 Å². The fourth-order valence-corrected chi connectivity index (χ4v) is 2.87. The van der Waals surface area contributed by atoms with Crippen LogP contribution in [0, 0.1) is 23.5 Å². The Morgan fingerprint density at radius 3 is 2.58 bits per heavy atom. The van der Waals surface area contributed by atoms with Gasteiger partial charge in [-0.25, -0.2) is 8.78 Å². The molecule has 0 unspecified atom stereocenters. The van der Waals surface area contributed by atoms with Crippen LogP contribution >= 0.6 is 0 Å². The summed E-state index contributed by atoms with van der Waals surface area (Å²) in [6.07, 6.45) is 2.48. The van der Waals surface area contributed by atoms with Gasteiger partial charge in [-0.3, -0.25) is 9.59 Å². The number of rotatable bonds is 5. The van der Waals surface area contributed by atoms with E-state index in [-0.39, 0.29) is 24.6 Å². The topological polar surface area (TPSA) is 55.4 Å². The third kappa shape index (κ3) is 5.28. The zero-order valence-electron chi connectivity index (χ0n) is 14.0. The van der Waals surface area contributed by atoms with E-state index in [1.807, 2.05) is 0 Å². The molecule has 3 atom stereocenters. The van der Waals surface area contributed by atoms with E-state index in [1.165, 1.54) is 0 Å². The molecule has 1 aliphatic carbocycles. The number of carbonyl (C=O) groups excluding carboxylic acids is 2. The van der Waals surface area contributed by atoms with Gasteiger partial charge in [0, 0.05) is 12.5 Å². The van der Waals surface area contributed by atoms with E-state index in [0.29, 0.717) is 17.9 Å². The number of anilines is 1.